The lowest BCUT2D eigenvalue weighted by molar-refractivity contribution is -0.144. The van der Waals surface area contributed by atoms with Crippen LogP contribution >= 0.6 is 0 Å². The van der Waals surface area contributed by atoms with E-state index < -0.39 is 11.9 Å². The Kier molecular flexibility index (Phi) is 7.75. The standard InChI is InChI=1S/C28H28N4O4/c29-30-17-20-6-8-21(9-7-20)27(35)31-25-11-10-22-18-32(13-12-19-4-2-1-3-5-19)28(36)24(16-26(33)34)14-23(22)15-25/h1-11,15,17,24H,12-14,16,18,29H2,(H,31,35)(H,33,34). The molecule has 0 radical (unpaired) electrons. The van der Waals surface area contributed by atoms with Crippen LogP contribution in [-0.4, -0.2) is 40.5 Å². The summed E-state index contributed by atoms with van der Waals surface area (Å²) in [6.07, 6.45) is 2.24. The number of benzene rings is 3. The van der Waals surface area contributed by atoms with Crippen LogP contribution in [0.3, 0.4) is 0 Å². The monoisotopic (exact) mass is 484 g/mol. The Morgan fingerprint density at radius 2 is 1.81 bits per heavy atom. The quantitative estimate of drug-likeness (QED) is 0.257. The molecule has 0 aromatic heterocycles. The maximum Gasteiger partial charge on any atom is 0.304 e. The van der Waals surface area contributed by atoms with E-state index in [-0.39, 0.29) is 18.2 Å². The molecule has 1 unspecified atom stereocenters. The zero-order valence-corrected chi connectivity index (χ0v) is 19.8. The molecule has 8 nitrogen and oxygen atoms in total. The van der Waals surface area contributed by atoms with Gasteiger partial charge in [-0.25, -0.2) is 0 Å². The number of hydrogen-bond donors (Lipinski definition) is 3. The minimum atomic E-state index is -1.01. The van der Waals surface area contributed by atoms with Crippen LogP contribution in [0.2, 0.25) is 0 Å². The van der Waals surface area contributed by atoms with Crippen LogP contribution in [0.4, 0.5) is 5.69 Å². The summed E-state index contributed by atoms with van der Waals surface area (Å²) in [5.41, 5.74) is 4.78. The molecule has 1 atom stereocenters. The second kappa shape index (κ2) is 11.3. The van der Waals surface area contributed by atoms with E-state index in [0.717, 1.165) is 22.3 Å². The van der Waals surface area contributed by atoms with E-state index in [1.54, 1.807) is 29.2 Å². The van der Waals surface area contributed by atoms with Crippen LogP contribution in [0.5, 0.6) is 0 Å². The summed E-state index contributed by atoms with van der Waals surface area (Å²) in [7, 11) is 0. The van der Waals surface area contributed by atoms with Crippen LogP contribution in [0.1, 0.15) is 39.0 Å². The molecule has 4 rings (SSSR count). The SMILES string of the molecule is NN=Cc1ccc(C(=O)Nc2ccc3c(c2)CC(CC(=O)O)C(=O)N(CCc2ccccc2)C3)cc1. The minimum Gasteiger partial charge on any atom is -0.481 e. The molecule has 184 valence electrons. The predicted octanol–water partition coefficient (Wildman–Crippen LogP) is 3.45. The first-order chi connectivity index (χ1) is 17.4. The summed E-state index contributed by atoms with van der Waals surface area (Å²) in [6, 6.07) is 22.3. The van der Waals surface area contributed by atoms with E-state index in [0.29, 0.717) is 37.2 Å². The Bertz CT molecular complexity index is 1270. The number of carbonyl (C=O) groups excluding carboxylic acids is 2. The van der Waals surface area contributed by atoms with Crippen molar-refractivity contribution in [3.8, 4) is 0 Å². The topological polar surface area (TPSA) is 125 Å². The number of anilines is 1. The lowest BCUT2D eigenvalue weighted by atomic mass is 9.94. The number of carboxylic acids is 1. The third-order valence-corrected chi connectivity index (χ3v) is 6.28. The van der Waals surface area contributed by atoms with Crippen LogP contribution in [0, 0.1) is 5.92 Å². The van der Waals surface area contributed by atoms with Gasteiger partial charge in [0.1, 0.15) is 0 Å². The van der Waals surface area contributed by atoms with Gasteiger partial charge in [0.25, 0.3) is 5.91 Å². The van der Waals surface area contributed by atoms with Gasteiger partial charge in [0.05, 0.1) is 18.6 Å². The first kappa shape index (κ1) is 24.7. The molecule has 0 spiro atoms. The third-order valence-electron chi connectivity index (χ3n) is 6.28. The molecule has 0 saturated heterocycles. The fourth-order valence-electron chi connectivity index (χ4n) is 4.42. The molecule has 1 heterocycles. The van der Waals surface area contributed by atoms with E-state index in [9.17, 15) is 19.5 Å². The molecular weight excluding hydrogens is 456 g/mol. The molecule has 0 aliphatic carbocycles. The number of amides is 2. The molecule has 36 heavy (non-hydrogen) atoms. The van der Waals surface area contributed by atoms with Gasteiger partial charge >= 0.3 is 5.97 Å². The second-order valence-corrected chi connectivity index (χ2v) is 8.83. The second-order valence-electron chi connectivity index (χ2n) is 8.83. The number of rotatable bonds is 8. The number of aliphatic carboxylic acids is 1. The lowest BCUT2D eigenvalue weighted by Crippen LogP contribution is -2.37. The molecule has 1 aliphatic heterocycles. The first-order valence-corrected chi connectivity index (χ1v) is 11.7. The fraction of sp³-hybridized carbons (Fsp3) is 0.214. The third kappa shape index (κ3) is 6.15. The van der Waals surface area contributed by atoms with Crippen molar-refractivity contribution in [1.29, 1.82) is 0 Å². The normalized spacial score (nSPS) is 15.4. The molecule has 8 heteroatoms. The predicted molar refractivity (Wildman–Crippen MR) is 138 cm³/mol. The highest BCUT2D eigenvalue weighted by atomic mass is 16.4. The summed E-state index contributed by atoms with van der Waals surface area (Å²) in [6.45, 7) is 0.900. The van der Waals surface area contributed by atoms with Crippen molar-refractivity contribution < 1.29 is 19.5 Å². The smallest absolute Gasteiger partial charge is 0.304 e. The van der Waals surface area contributed by atoms with Gasteiger partial charge in [-0.05, 0) is 59.4 Å². The van der Waals surface area contributed by atoms with Gasteiger partial charge in [-0.3, -0.25) is 14.4 Å². The molecule has 0 bridgehead atoms. The Hall–Kier alpha value is -4.46. The summed E-state index contributed by atoms with van der Waals surface area (Å²) in [5.74, 6) is 3.05. The van der Waals surface area contributed by atoms with Crippen molar-refractivity contribution in [2.45, 2.75) is 25.8 Å². The summed E-state index contributed by atoms with van der Waals surface area (Å²) < 4.78 is 0. The number of nitrogens with one attached hydrogen (secondary N) is 1. The lowest BCUT2D eigenvalue weighted by Gasteiger charge is -2.24. The highest BCUT2D eigenvalue weighted by Gasteiger charge is 2.31. The Morgan fingerprint density at radius 3 is 2.50 bits per heavy atom. The molecule has 3 aromatic rings. The Morgan fingerprint density at radius 1 is 1.06 bits per heavy atom. The maximum absolute atomic E-state index is 13.3. The van der Waals surface area contributed by atoms with Crippen LogP contribution in [-0.2, 0) is 29.0 Å². The average molecular weight is 485 g/mol. The Balaban J connectivity index is 1.53. The van der Waals surface area contributed by atoms with Gasteiger partial charge in [-0.1, -0.05) is 48.5 Å². The summed E-state index contributed by atoms with van der Waals surface area (Å²) >= 11 is 0. The highest BCUT2D eigenvalue weighted by molar-refractivity contribution is 6.04. The van der Waals surface area contributed by atoms with E-state index in [4.69, 9.17) is 5.84 Å². The van der Waals surface area contributed by atoms with Crippen LogP contribution in [0.15, 0.2) is 77.9 Å². The number of fused-ring (bicyclic) bond motifs is 1. The van der Waals surface area contributed by atoms with Gasteiger partial charge in [-0.15, -0.1) is 0 Å². The van der Waals surface area contributed by atoms with E-state index >= 15 is 0 Å². The van der Waals surface area contributed by atoms with Crippen molar-refractivity contribution >= 4 is 29.7 Å². The van der Waals surface area contributed by atoms with Crippen molar-refractivity contribution in [2.24, 2.45) is 16.9 Å². The number of hydrogen-bond acceptors (Lipinski definition) is 5. The van der Waals surface area contributed by atoms with Crippen molar-refractivity contribution in [3.63, 3.8) is 0 Å². The Labute approximate surface area is 209 Å². The molecule has 2 amide bonds. The number of nitrogens with two attached hydrogens (primary N) is 1. The van der Waals surface area contributed by atoms with Crippen LogP contribution < -0.4 is 11.2 Å². The largest absolute Gasteiger partial charge is 0.481 e. The van der Waals surface area contributed by atoms with Gasteiger partial charge in [0.2, 0.25) is 5.91 Å². The first-order valence-electron chi connectivity index (χ1n) is 11.7. The molecule has 0 saturated carbocycles. The number of hydrazone groups is 1. The number of nitrogens with zero attached hydrogens (tertiary/aromatic N) is 2. The average Bonchev–Trinajstić information content (AvgIpc) is 2.99. The summed E-state index contributed by atoms with van der Waals surface area (Å²) in [4.78, 5) is 39.3. The van der Waals surface area contributed by atoms with Gasteiger partial charge in [-0.2, -0.15) is 5.10 Å². The highest BCUT2D eigenvalue weighted by Crippen LogP contribution is 2.28. The van der Waals surface area contributed by atoms with Gasteiger partial charge in [0.15, 0.2) is 0 Å². The van der Waals surface area contributed by atoms with Crippen molar-refractivity contribution in [1.82, 2.24) is 4.90 Å². The minimum absolute atomic E-state index is 0.156. The fourth-order valence-corrected chi connectivity index (χ4v) is 4.42. The van der Waals surface area contributed by atoms with E-state index in [1.165, 1.54) is 6.21 Å². The van der Waals surface area contributed by atoms with Gasteiger partial charge in [0, 0.05) is 24.3 Å². The summed E-state index contributed by atoms with van der Waals surface area (Å²) in [5, 5.41) is 15.8. The molecular formula is C28H28N4O4. The van der Waals surface area contributed by atoms with E-state index in [1.807, 2.05) is 48.5 Å². The maximum atomic E-state index is 13.3. The van der Waals surface area contributed by atoms with Crippen molar-refractivity contribution in [3.05, 3.63) is 101 Å². The molecule has 0 fully saturated rings. The molecule has 1 aliphatic rings. The van der Waals surface area contributed by atoms with E-state index in [2.05, 4.69) is 10.4 Å². The number of carbonyl (C=O) groups is 3. The van der Waals surface area contributed by atoms with Crippen molar-refractivity contribution in [2.75, 3.05) is 11.9 Å². The molecule has 4 N–H and O–H groups in total. The number of carboxylic acid groups (broad SMARTS) is 1. The van der Waals surface area contributed by atoms with Crippen LogP contribution in [0.25, 0.3) is 0 Å². The van der Waals surface area contributed by atoms with Gasteiger partial charge < -0.3 is 21.2 Å². The molecule has 3 aromatic carbocycles. The zero-order valence-electron chi connectivity index (χ0n) is 19.8. The zero-order chi connectivity index (χ0) is 25.5.